The first kappa shape index (κ1) is 24.6. The molecule has 0 saturated carbocycles. The van der Waals surface area contributed by atoms with Crippen LogP contribution in [0, 0.1) is 5.82 Å². The van der Waals surface area contributed by atoms with E-state index in [1.54, 1.807) is 0 Å². The monoisotopic (exact) mass is 476 g/mol. The Kier molecular flexibility index (Phi) is 7.31. The second-order valence-corrected chi connectivity index (χ2v) is 9.85. The van der Waals surface area contributed by atoms with Gasteiger partial charge in [-0.05, 0) is 48.4 Å². The minimum atomic E-state index is -3.68. The molecule has 0 aromatic heterocycles. The lowest BCUT2D eigenvalue weighted by Crippen LogP contribution is -2.31. The van der Waals surface area contributed by atoms with E-state index in [1.165, 1.54) is 74.6 Å². The van der Waals surface area contributed by atoms with Crippen molar-refractivity contribution in [2.24, 2.45) is 0 Å². The van der Waals surface area contributed by atoms with Crippen molar-refractivity contribution < 1.29 is 32.2 Å². The van der Waals surface area contributed by atoms with E-state index < -0.39 is 39.3 Å². The summed E-state index contributed by atoms with van der Waals surface area (Å²) in [4.78, 5) is 27.0. The second-order valence-electron chi connectivity index (χ2n) is 7.70. The van der Waals surface area contributed by atoms with Gasteiger partial charge in [-0.15, -0.1) is 0 Å². The number of methoxy groups -OCH3 is 1. The average Bonchev–Trinajstić information content (AvgIpc) is 3.04. The van der Waals surface area contributed by atoms with Gasteiger partial charge in [-0.2, -0.15) is 0 Å². The number of Topliss-reactive ketones (excluding diaryl/α,β-unsaturated/α-hetero) is 1. The number of halogens is 1. The highest BCUT2D eigenvalue weighted by Gasteiger charge is 2.45. The predicted molar refractivity (Wildman–Crippen MR) is 119 cm³/mol. The maximum absolute atomic E-state index is 13.5. The maximum Gasteiger partial charge on any atom is 0.295 e. The molecule has 1 heterocycles. The van der Waals surface area contributed by atoms with Gasteiger partial charge in [0.05, 0.1) is 16.5 Å². The molecule has 8 nitrogen and oxygen atoms in total. The summed E-state index contributed by atoms with van der Waals surface area (Å²) in [5.74, 6) is -2.57. The van der Waals surface area contributed by atoms with E-state index in [4.69, 9.17) is 4.74 Å². The lowest BCUT2D eigenvalue weighted by Gasteiger charge is -2.25. The molecule has 2 aromatic carbocycles. The average molecular weight is 477 g/mol. The van der Waals surface area contributed by atoms with Gasteiger partial charge in [0.1, 0.15) is 11.6 Å². The molecule has 1 amide bonds. The zero-order chi connectivity index (χ0) is 24.3. The van der Waals surface area contributed by atoms with Crippen molar-refractivity contribution in [2.75, 3.05) is 34.4 Å². The van der Waals surface area contributed by atoms with Crippen LogP contribution in [0.5, 0.6) is 0 Å². The van der Waals surface area contributed by atoms with Crippen molar-refractivity contribution >= 4 is 27.5 Å². The number of ketones is 1. The molecule has 33 heavy (non-hydrogen) atoms. The first-order valence-electron chi connectivity index (χ1n) is 10.2. The van der Waals surface area contributed by atoms with E-state index >= 15 is 0 Å². The summed E-state index contributed by atoms with van der Waals surface area (Å²) in [7, 11) is 0.641. The molecule has 1 saturated heterocycles. The minimum absolute atomic E-state index is 0.0131. The van der Waals surface area contributed by atoms with E-state index in [9.17, 15) is 27.5 Å². The third-order valence-corrected chi connectivity index (χ3v) is 7.21. The first-order valence-corrected chi connectivity index (χ1v) is 11.6. The first-order chi connectivity index (χ1) is 15.6. The van der Waals surface area contributed by atoms with Crippen LogP contribution in [0.25, 0.3) is 5.76 Å². The van der Waals surface area contributed by atoms with E-state index in [0.29, 0.717) is 18.6 Å². The Morgan fingerprint density at radius 3 is 2.24 bits per heavy atom. The Bertz CT molecular complexity index is 1170. The number of rotatable bonds is 8. The summed E-state index contributed by atoms with van der Waals surface area (Å²) < 4.78 is 44.2. The Morgan fingerprint density at radius 1 is 1.09 bits per heavy atom. The van der Waals surface area contributed by atoms with Crippen LogP contribution < -0.4 is 0 Å². The third kappa shape index (κ3) is 4.82. The summed E-state index contributed by atoms with van der Waals surface area (Å²) in [6, 6.07) is 9.77. The van der Waals surface area contributed by atoms with Crippen LogP contribution in [-0.4, -0.2) is 68.8 Å². The molecule has 1 aliphatic rings. The molecular formula is C23H25FN2O6S. The molecule has 0 aliphatic carbocycles. The fourth-order valence-electron chi connectivity index (χ4n) is 3.63. The van der Waals surface area contributed by atoms with Crippen LogP contribution in [0.15, 0.2) is 59.0 Å². The lowest BCUT2D eigenvalue weighted by molar-refractivity contribution is -0.140. The molecule has 0 unspecified atom stereocenters. The molecule has 1 fully saturated rings. The summed E-state index contributed by atoms with van der Waals surface area (Å²) in [5.41, 5.74) is 0.489. The standard InChI is InChI=1S/C23H25FN2O6S/c1-25(2)33(30,31)18-11-7-16(8-12-18)21(27)19-20(15-5-9-17(24)10-6-15)26(13-4-14-32-3)23(29)22(19)28/h5-12,20,27H,4,13-14H2,1-3H3/b21-19+/t20-/m0/s1. The van der Waals surface area contributed by atoms with Crippen molar-refractivity contribution in [1.29, 1.82) is 0 Å². The van der Waals surface area contributed by atoms with Gasteiger partial charge in [-0.1, -0.05) is 12.1 Å². The van der Waals surface area contributed by atoms with Gasteiger partial charge in [0, 0.05) is 39.9 Å². The number of carbonyl (C=O) groups is 2. The topological polar surface area (TPSA) is 104 Å². The summed E-state index contributed by atoms with van der Waals surface area (Å²) in [5, 5.41) is 11.0. The Morgan fingerprint density at radius 2 is 1.70 bits per heavy atom. The number of carbonyl (C=O) groups excluding carboxylic acids is 2. The fraction of sp³-hybridized carbons (Fsp3) is 0.304. The molecule has 1 N–H and O–H groups in total. The van der Waals surface area contributed by atoms with Crippen molar-refractivity contribution in [3.05, 3.63) is 71.0 Å². The van der Waals surface area contributed by atoms with E-state index in [0.717, 1.165) is 4.31 Å². The van der Waals surface area contributed by atoms with Gasteiger partial charge in [0.15, 0.2) is 0 Å². The van der Waals surface area contributed by atoms with Gasteiger partial charge in [0.2, 0.25) is 10.0 Å². The van der Waals surface area contributed by atoms with E-state index in [2.05, 4.69) is 0 Å². The van der Waals surface area contributed by atoms with Crippen LogP contribution in [-0.2, 0) is 24.3 Å². The van der Waals surface area contributed by atoms with Gasteiger partial charge in [0.25, 0.3) is 11.7 Å². The van der Waals surface area contributed by atoms with Crippen molar-refractivity contribution in [3.63, 3.8) is 0 Å². The molecule has 1 aliphatic heterocycles. The van der Waals surface area contributed by atoms with Crippen molar-refractivity contribution in [1.82, 2.24) is 9.21 Å². The van der Waals surface area contributed by atoms with Crippen LogP contribution >= 0.6 is 0 Å². The molecule has 0 bridgehead atoms. The highest BCUT2D eigenvalue weighted by atomic mass is 32.2. The van der Waals surface area contributed by atoms with E-state index in [-0.39, 0.29) is 22.6 Å². The number of nitrogens with zero attached hydrogens (tertiary/aromatic N) is 2. The summed E-state index contributed by atoms with van der Waals surface area (Å²) >= 11 is 0. The maximum atomic E-state index is 13.5. The molecule has 2 aromatic rings. The number of ether oxygens (including phenoxy) is 1. The van der Waals surface area contributed by atoms with Crippen LogP contribution in [0.3, 0.4) is 0 Å². The molecule has 176 valence electrons. The zero-order valence-corrected chi connectivity index (χ0v) is 19.3. The van der Waals surface area contributed by atoms with E-state index in [1.807, 2.05) is 0 Å². The number of likely N-dealkylation sites (tertiary alicyclic amines) is 1. The van der Waals surface area contributed by atoms with Gasteiger partial charge in [-0.3, -0.25) is 9.59 Å². The fourth-order valence-corrected chi connectivity index (χ4v) is 4.53. The molecule has 1 atom stereocenters. The molecule has 0 spiro atoms. The zero-order valence-electron chi connectivity index (χ0n) is 18.5. The highest BCUT2D eigenvalue weighted by Crippen LogP contribution is 2.39. The van der Waals surface area contributed by atoms with Gasteiger partial charge >= 0.3 is 0 Å². The highest BCUT2D eigenvalue weighted by molar-refractivity contribution is 7.89. The second kappa shape index (κ2) is 9.82. The summed E-state index contributed by atoms with van der Waals surface area (Å²) in [6.07, 6.45) is 0.457. The number of sulfonamides is 1. The normalized spacial score (nSPS) is 18.3. The minimum Gasteiger partial charge on any atom is -0.507 e. The van der Waals surface area contributed by atoms with Crippen molar-refractivity contribution in [2.45, 2.75) is 17.4 Å². The molecule has 0 radical (unpaired) electrons. The number of benzene rings is 2. The van der Waals surface area contributed by atoms with Crippen LogP contribution in [0.1, 0.15) is 23.6 Å². The smallest absolute Gasteiger partial charge is 0.295 e. The Labute approximate surface area is 191 Å². The Balaban J connectivity index is 2.09. The predicted octanol–water partition coefficient (Wildman–Crippen LogP) is 2.53. The van der Waals surface area contributed by atoms with Crippen molar-refractivity contribution in [3.8, 4) is 0 Å². The van der Waals surface area contributed by atoms with Gasteiger partial charge in [-0.25, -0.2) is 17.1 Å². The number of amides is 1. The molecule has 10 heteroatoms. The molecular weight excluding hydrogens is 451 g/mol. The largest absolute Gasteiger partial charge is 0.507 e. The summed E-state index contributed by atoms with van der Waals surface area (Å²) in [6.45, 7) is 0.554. The Hall–Kier alpha value is -3.08. The number of aliphatic hydroxyl groups is 1. The van der Waals surface area contributed by atoms with Gasteiger partial charge < -0.3 is 14.7 Å². The third-order valence-electron chi connectivity index (χ3n) is 5.38. The number of aliphatic hydroxyl groups excluding tert-OH is 1. The molecule has 3 rings (SSSR count). The SMILES string of the molecule is COCCCN1C(=O)C(=O)/C(=C(/O)c2ccc(S(=O)(=O)N(C)C)cc2)[C@@H]1c1ccc(F)cc1. The number of hydrogen-bond donors (Lipinski definition) is 1. The lowest BCUT2D eigenvalue weighted by atomic mass is 9.95. The van der Waals surface area contributed by atoms with Crippen LogP contribution in [0.2, 0.25) is 0 Å². The number of hydrogen-bond acceptors (Lipinski definition) is 6. The quantitative estimate of drug-likeness (QED) is 0.272. The van der Waals surface area contributed by atoms with Crippen LogP contribution in [0.4, 0.5) is 4.39 Å².